The summed E-state index contributed by atoms with van der Waals surface area (Å²) in [5.74, 6) is 0.480. The van der Waals surface area contributed by atoms with Crippen LogP contribution in [-0.2, 0) is 6.42 Å². The lowest BCUT2D eigenvalue weighted by Gasteiger charge is -2.14. The number of hydrogen-bond donors (Lipinski definition) is 0. The van der Waals surface area contributed by atoms with Crippen LogP contribution in [0.15, 0.2) is 35.1 Å². The number of benzene rings is 1. The van der Waals surface area contributed by atoms with Crippen molar-refractivity contribution < 1.29 is 0 Å². The van der Waals surface area contributed by atoms with Crippen LogP contribution in [0.2, 0.25) is 0 Å². The lowest BCUT2D eigenvalue weighted by atomic mass is 9.95. The van der Waals surface area contributed by atoms with Gasteiger partial charge in [0.05, 0.1) is 0 Å². The summed E-state index contributed by atoms with van der Waals surface area (Å²) in [6.07, 6.45) is 5.17. The fourth-order valence-electron chi connectivity index (χ4n) is 2.17. The van der Waals surface area contributed by atoms with E-state index in [1.807, 2.05) is 24.3 Å². The Hall–Kier alpha value is -1.41. The molecule has 1 unspecified atom stereocenters. The zero-order valence-corrected chi connectivity index (χ0v) is 9.88. The molecule has 2 heteroatoms. The highest BCUT2D eigenvalue weighted by Gasteiger charge is 2.15. The SMILES string of the molecule is CC1C=Cc2sc3ccccc3c(=O)c2C1. The lowest BCUT2D eigenvalue weighted by Crippen LogP contribution is -2.15. The first kappa shape index (κ1) is 9.79. The zero-order valence-electron chi connectivity index (χ0n) is 9.07. The van der Waals surface area contributed by atoms with Gasteiger partial charge in [-0.25, -0.2) is 0 Å². The first-order valence-electron chi connectivity index (χ1n) is 5.48. The molecule has 1 aromatic carbocycles. The van der Waals surface area contributed by atoms with Crippen molar-refractivity contribution in [3.05, 3.63) is 51.0 Å². The molecule has 1 aliphatic carbocycles. The van der Waals surface area contributed by atoms with Crippen LogP contribution < -0.4 is 5.43 Å². The highest BCUT2D eigenvalue weighted by Crippen LogP contribution is 2.28. The van der Waals surface area contributed by atoms with Gasteiger partial charge < -0.3 is 0 Å². The van der Waals surface area contributed by atoms with E-state index in [2.05, 4.69) is 19.1 Å². The van der Waals surface area contributed by atoms with Crippen molar-refractivity contribution in [1.29, 1.82) is 0 Å². The first-order valence-corrected chi connectivity index (χ1v) is 6.30. The standard InChI is InChI=1S/C14H12OS/c1-9-6-7-13-11(8-9)14(15)10-4-2-3-5-12(10)16-13/h2-7,9H,8H2,1H3. The highest BCUT2D eigenvalue weighted by atomic mass is 32.1. The van der Waals surface area contributed by atoms with Gasteiger partial charge in [0.15, 0.2) is 5.43 Å². The molecule has 1 atom stereocenters. The van der Waals surface area contributed by atoms with Crippen LogP contribution >= 0.6 is 11.3 Å². The van der Waals surface area contributed by atoms with E-state index in [-0.39, 0.29) is 5.43 Å². The van der Waals surface area contributed by atoms with Crippen molar-refractivity contribution >= 4 is 27.5 Å². The van der Waals surface area contributed by atoms with Crippen LogP contribution in [-0.4, -0.2) is 0 Å². The van der Waals surface area contributed by atoms with E-state index in [0.717, 1.165) is 26.9 Å². The number of fused-ring (bicyclic) bond motifs is 2. The van der Waals surface area contributed by atoms with E-state index >= 15 is 0 Å². The van der Waals surface area contributed by atoms with Crippen LogP contribution in [0.4, 0.5) is 0 Å². The van der Waals surface area contributed by atoms with Gasteiger partial charge >= 0.3 is 0 Å². The van der Waals surface area contributed by atoms with Crippen molar-refractivity contribution in [3.8, 4) is 0 Å². The second-order valence-corrected chi connectivity index (χ2v) is 5.39. The molecule has 1 aromatic heterocycles. The summed E-state index contributed by atoms with van der Waals surface area (Å²) in [6, 6.07) is 7.87. The minimum atomic E-state index is 0.223. The molecular formula is C14H12OS. The molecule has 1 aliphatic rings. The molecule has 3 rings (SSSR count). The minimum Gasteiger partial charge on any atom is -0.289 e. The van der Waals surface area contributed by atoms with Crippen molar-refractivity contribution in [2.75, 3.05) is 0 Å². The normalized spacial score (nSPS) is 18.7. The molecule has 0 radical (unpaired) electrons. The maximum absolute atomic E-state index is 12.3. The van der Waals surface area contributed by atoms with Crippen LogP contribution in [0, 0.1) is 5.92 Å². The molecule has 1 heterocycles. The van der Waals surface area contributed by atoms with Crippen molar-refractivity contribution in [3.63, 3.8) is 0 Å². The maximum atomic E-state index is 12.3. The van der Waals surface area contributed by atoms with Crippen molar-refractivity contribution in [2.45, 2.75) is 13.3 Å². The second kappa shape index (κ2) is 3.56. The topological polar surface area (TPSA) is 17.1 Å². The minimum absolute atomic E-state index is 0.223. The Kier molecular flexibility index (Phi) is 2.18. The summed E-state index contributed by atoms with van der Waals surface area (Å²) in [5.41, 5.74) is 1.22. The van der Waals surface area contributed by atoms with E-state index < -0.39 is 0 Å². The monoisotopic (exact) mass is 228 g/mol. The average molecular weight is 228 g/mol. The molecular weight excluding hydrogens is 216 g/mol. The first-order chi connectivity index (χ1) is 7.75. The van der Waals surface area contributed by atoms with Gasteiger partial charge in [-0.3, -0.25) is 4.79 Å². The molecule has 0 aliphatic heterocycles. The molecule has 0 amide bonds. The lowest BCUT2D eigenvalue weighted by molar-refractivity contribution is 0.717. The van der Waals surface area contributed by atoms with E-state index in [0.29, 0.717) is 5.92 Å². The van der Waals surface area contributed by atoms with E-state index in [1.165, 1.54) is 0 Å². The molecule has 1 nitrogen and oxygen atoms in total. The molecule has 0 bridgehead atoms. The van der Waals surface area contributed by atoms with Gasteiger partial charge in [0.2, 0.25) is 0 Å². The summed E-state index contributed by atoms with van der Waals surface area (Å²) in [5, 5.41) is 0.869. The smallest absolute Gasteiger partial charge is 0.191 e. The van der Waals surface area contributed by atoms with Crippen molar-refractivity contribution in [2.24, 2.45) is 5.92 Å². The Labute approximate surface area is 98.1 Å². The summed E-state index contributed by atoms with van der Waals surface area (Å²) < 4.78 is 1.09. The van der Waals surface area contributed by atoms with Crippen molar-refractivity contribution in [1.82, 2.24) is 0 Å². The predicted molar refractivity (Wildman–Crippen MR) is 70.0 cm³/mol. The summed E-state index contributed by atoms with van der Waals surface area (Å²) >= 11 is 1.72. The van der Waals surface area contributed by atoms with Gasteiger partial charge in [0, 0.05) is 20.5 Å². The Bertz CT molecular complexity index is 637. The molecule has 0 spiro atoms. The van der Waals surface area contributed by atoms with Gasteiger partial charge in [-0.2, -0.15) is 0 Å². The van der Waals surface area contributed by atoms with E-state index in [4.69, 9.17) is 0 Å². The third kappa shape index (κ3) is 1.41. The molecule has 2 aromatic rings. The van der Waals surface area contributed by atoms with Crippen LogP contribution in [0.25, 0.3) is 16.2 Å². The Morgan fingerprint density at radius 1 is 1.31 bits per heavy atom. The maximum Gasteiger partial charge on any atom is 0.191 e. The quantitative estimate of drug-likeness (QED) is 0.675. The molecule has 0 N–H and O–H groups in total. The fraction of sp³-hybridized carbons (Fsp3) is 0.214. The Morgan fingerprint density at radius 3 is 3.00 bits per heavy atom. The van der Waals surface area contributed by atoms with Gasteiger partial charge in [0.1, 0.15) is 0 Å². The zero-order chi connectivity index (χ0) is 11.1. The highest BCUT2D eigenvalue weighted by molar-refractivity contribution is 7.19. The Balaban J connectivity index is 2.40. The third-order valence-electron chi connectivity index (χ3n) is 3.03. The molecule has 16 heavy (non-hydrogen) atoms. The Morgan fingerprint density at radius 2 is 2.12 bits per heavy atom. The summed E-state index contributed by atoms with van der Waals surface area (Å²) in [6.45, 7) is 2.15. The largest absolute Gasteiger partial charge is 0.289 e. The molecule has 0 saturated carbocycles. The van der Waals surface area contributed by atoms with Gasteiger partial charge in [-0.1, -0.05) is 25.1 Å². The number of rotatable bonds is 0. The number of hydrogen-bond acceptors (Lipinski definition) is 2. The van der Waals surface area contributed by atoms with E-state index in [9.17, 15) is 4.79 Å². The molecule has 80 valence electrons. The fourth-order valence-corrected chi connectivity index (χ4v) is 3.27. The van der Waals surface area contributed by atoms with Crippen LogP contribution in [0.3, 0.4) is 0 Å². The van der Waals surface area contributed by atoms with E-state index in [1.54, 1.807) is 11.3 Å². The molecule has 0 saturated heterocycles. The van der Waals surface area contributed by atoms with Crippen LogP contribution in [0.1, 0.15) is 17.4 Å². The molecule has 0 fully saturated rings. The second-order valence-electron chi connectivity index (χ2n) is 4.31. The van der Waals surface area contributed by atoms with Gasteiger partial charge in [-0.15, -0.1) is 11.3 Å². The average Bonchev–Trinajstić information content (AvgIpc) is 2.31. The third-order valence-corrected chi connectivity index (χ3v) is 4.20. The summed E-state index contributed by atoms with van der Waals surface area (Å²) in [7, 11) is 0. The van der Waals surface area contributed by atoms with Crippen LogP contribution in [0.5, 0.6) is 0 Å². The summed E-state index contributed by atoms with van der Waals surface area (Å²) in [4.78, 5) is 13.4. The number of allylic oxidation sites excluding steroid dienone is 1. The predicted octanol–water partition coefficient (Wildman–Crippen LogP) is 3.47. The van der Waals surface area contributed by atoms with Gasteiger partial charge in [-0.05, 0) is 30.5 Å². The van der Waals surface area contributed by atoms with Gasteiger partial charge in [0.25, 0.3) is 0 Å².